The molecular weight excluding hydrogens is 250 g/mol. The van der Waals surface area contributed by atoms with Crippen LogP contribution in [0, 0.1) is 6.92 Å². The summed E-state index contributed by atoms with van der Waals surface area (Å²) in [6, 6.07) is 1.37. The number of hydrogen-bond donors (Lipinski definition) is 2. The van der Waals surface area contributed by atoms with Crippen LogP contribution in [0.2, 0.25) is 0 Å². The smallest absolute Gasteiger partial charge is 0.285 e. The summed E-state index contributed by atoms with van der Waals surface area (Å²) in [5, 5.41) is 6.39. The van der Waals surface area contributed by atoms with E-state index >= 15 is 0 Å². The van der Waals surface area contributed by atoms with Gasteiger partial charge >= 0.3 is 0 Å². The highest BCUT2D eigenvalue weighted by atomic mass is 16.2. The first-order valence-electron chi connectivity index (χ1n) is 5.36. The number of nitrogen functional groups attached to an aromatic ring is 1. The van der Waals surface area contributed by atoms with Gasteiger partial charge in [0.05, 0.1) is 0 Å². The van der Waals surface area contributed by atoms with Crippen LogP contribution in [0.3, 0.4) is 0 Å². The van der Waals surface area contributed by atoms with Crippen molar-refractivity contribution in [1.29, 1.82) is 0 Å². The molecule has 0 saturated heterocycles. The van der Waals surface area contributed by atoms with Crippen LogP contribution in [-0.2, 0) is 0 Å². The van der Waals surface area contributed by atoms with Gasteiger partial charge in [-0.15, -0.1) is 5.10 Å². The number of nitrogens with two attached hydrogens (primary N) is 1. The zero-order valence-electron chi connectivity index (χ0n) is 9.86. The normalized spacial score (nSPS) is 11.0. The summed E-state index contributed by atoms with van der Waals surface area (Å²) in [7, 11) is 0. The van der Waals surface area contributed by atoms with Gasteiger partial charge in [-0.1, -0.05) is 0 Å². The Morgan fingerprint density at radius 2 is 2.26 bits per heavy atom. The molecule has 0 aromatic carbocycles. The molecule has 0 aliphatic heterocycles. The van der Waals surface area contributed by atoms with E-state index in [4.69, 9.17) is 5.73 Å². The van der Waals surface area contributed by atoms with E-state index in [-0.39, 0.29) is 22.7 Å². The van der Waals surface area contributed by atoms with Crippen molar-refractivity contribution >= 4 is 17.5 Å². The van der Waals surface area contributed by atoms with Gasteiger partial charge < -0.3 is 5.73 Å². The van der Waals surface area contributed by atoms with Crippen molar-refractivity contribution in [2.24, 2.45) is 0 Å². The molecule has 0 fully saturated rings. The SMILES string of the molecule is Cc1cc(=O)n2[nH]cc(C(=O)n3cnc(N)n3)c2n1. The third-order valence-electron chi connectivity index (χ3n) is 2.57. The molecule has 19 heavy (non-hydrogen) atoms. The third-order valence-corrected chi connectivity index (χ3v) is 2.57. The van der Waals surface area contributed by atoms with Crippen molar-refractivity contribution in [2.75, 3.05) is 5.73 Å². The molecule has 3 aromatic rings. The Morgan fingerprint density at radius 1 is 1.47 bits per heavy atom. The minimum atomic E-state index is -0.472. The van der Waals surface area contributed by atoms with Crippen LogP contribution in [0.25, 0.3) is 5.65 Å². The minimum Gasteiger partial charge on any atom is -0.366 e. The lowest BCUT2D eigenvalue weighted by Gasteiger charge is -1.98. The van der Waals surface area contributed by atoms with E-state index in [1.165, 1.54) is 23.1 Å². The van der Waals surface area contributed by atoms with E-state index in [1.807, 2.05) is 0 Å². The molecule has 3 heterocycles. The molecule has 3 N–H and O–H groups in total. The highest BCUT2D eigenvalue weighted by Gasteiger charge is 2.17. The van der Waals surface area contributed by atoms with E-state index in [0.29, 0.717) is 5.69 Å². The molecule has 3 rings (SSSR count). The molecule has 96 valence electrons. The molecule has 0 amide bonds. The van der Waals surface area contributed by atoms with Crippen LogP contribution in [-0.4, -0.2) is 35.3 Å². The molecule has 0 aliphatic rings. The van der Waals surface area contributed by atoms with Gasteiger partial charge in [0, 0.05) is 18.0 Å². The summed E-state index contributed by atoms with van der Waals surface area (Å²) in [5.74, 6) is -0.477. The zero-order valence-corrected chi connectivity index (χ0v) is 9.86. The number of carbonyl (C=O) groups is 1. The van der Waals surface area contributed by atoms with Gasteiger partial charge in [0.1, 0.15) is 11.9 Å². The number of rotatable bonds is 1. The average Bonchev–Trinajstić information content (AvgIpc) is 2.94. The van der Waals surface area contributed by atoms with Crippen LogP contribution in [0.4, 0.5) is 5.95 Å². The Kier molecular flexibility index (Phi) is 2.21. The largest absolute Gasteiger partial charge is 0.366 e. The molecule has 0 atom stereocenters. The summed E-state index contributed by atoms with van der Waals surface area (Å²) >= 11 is 0. The summed E-state index contributed by atoms with van der Waals surface area (Å²) < 4.78 is 2.17. The quantitative estimate of drug-likeness (QED) is 0.589. The second-order valence-electron chi connectivity index (χ2n) is 3.93. The Labute approximate surface area is 105 Å². The maximum atomic E-state index is 12.2. The third kappa shape index (κ3) is 1.68. The monoisotopic (exact) mass is 259 g/mol. The van der Waals surface area contributed by atoms with E-state index < -0.39 is 5.91 Å². The number of nitrogens with one attached hydrogen (secondary N) is 1. The number of nitrogens with zero attached hydrogens (tertiary/aromatic N) is 5. The lowest BCUT2D eigenvalue weighted by atomic mass is 10.3. The van der Waals surface area contributed by atoms with Crippen LogP contribution < -0.4 is 11.3 Å². The molecule has 0 unspecified atom stereocenters. The lowest BCUT2D eigenvalue weighted by molar-refractivity contribution is 0.0946. The fourth-order valence-corrected chi connectivity index (χ4v) is 1.75. The number of aromatic amines is 1. The van der Waals surface area contributed by atoms with Crippen molar-refractivity contribution in [1.82, 2.24) is 29.4 Å². The highest BCUT2D eigenvalue weighted by molar-refractivity contribution is 6.00. The molecule has 0 saturated carbocycles. The average molecular weight is 259 g/mol. The van der Waals surface area contributed by atoms with Gasteiger partial charge in [-0.25, -0.2) is 14.5 Å². The van der Waals surface area contributed by atoms with Gasteiger partial charge in [0.15, 0.2) is 5.65 Å². The van der Waals surface area contributed by atoms with Gasteiger partial charge in [-0.2, -0.15) is 4.68 Å². The predicted molar refractivity (Wildman–Crippen MR) is 64.7 cm³/mol. The van der Waals surface area contributed by atoms with Crippen LogP contribution in [0.1, 0.15) is 16.1 Å². The van der Waals surface area contributed by atoms with Gasteiger partial charge in [-0.3, -0.25) is 14.7 Å². The Balaban J connectivity index is 2.21. The van der Waals surface area contributed by atoms with Crippen molar-refractivity contribution in [3.63, 3.8) is 0 Å². The first kappa shape index (κ1) is 11.1. The second-order valence-corrected chi connectivity index (χ2v) is 3.93. The Hall–Kier alpha value is -2.97. The Bertz CT molecular complexity index is 841. The van der Waals surface area contributed by atoms with E-state index in [1.54, 1.807) is 6.92 Å². The van der Waals surface area contributed by atoms with Crippen LogP contribution in [0.5, 0.6) is 0 Å². The molecule has 0 radical (unpaired) electrons. The molecule has 0 bridgehead atoms. The fraction of sp³-hybridized carbons (Fsp3) is 0.100. The first-order chi connectivity index (χ1) is 9.06. The van der Waals surface area contributed by atoms with Crippen molar-refractivity contribution < 1.29 is 4.79 Å². The van der Waals surface area contributed by atoms with Gasteiger partial charge in [0.2, 0.25) is 5.95 Å². The summed E-state index contributed by atoms with van der Waals surface area (Å²) in [6.45, 7) is 1.68. The number of H-pyrrole nitrogens is 1. The second kappa shape index (κ2) is 3.77. The van der Waals surface area contributed by atoms with Crippen molar-refractivity contribution in [3.05, 3.63) is 40.2 Å². The highest BCUT2D eigenvalue weighted by Crippen LogP contribution is 2.08. The van der Waals surface area contributed by atoms with E-state index in [9.17, 15) is 9.59 Å². The number of anilines is 1. The zero-order chi connectivity index (χ0) is 13.6. The van der Waals surface area contributed by atoms with Gasteiger partial charge in [0.25, 0.3) is 11.5 Å². The fourth-order valence-electron chi connectivity index (χ4n) is 1.75. The maximum Gasteiger partial charge on any atom is 0.285 e. The van der Waals surface area contributed by atoms with E-state index in [2.05, 4.69) is 20.2 Å². The number of aryl methyl sites for hydroxylation is 1. The number of aromatic nitrogens is 6. The molecule has 0 aliphatic carbocycles. The molecule has 0 spiro atoms. The Morgan fingerprint density at radius 3 is 2.95 bits per heavy atom. The molecule has 9 heteroatoms. The maximum absolute atomic E-state index is 12.2. The predicted octanol–water partition coefficient (Wildman–Crippen LogP) is -0.807. The standard InChI is InChI=1S/C10H9N7O2/c1-5-2-7(18)17-8(14-5)6(3-13-17)9(19)16-4-12-10(11)15-16/h2-4,13H,1H3,(H2,11,15). The minimum absolute atomic E-state index is 0.00509. The van der Waals surface area contributed by atoms with Crippen molar-refractivity contribution in [2.45, 2.75) is 6.92 Å². The lowest BCUT2D eigenvalue weighted by Crippen LogP contribution is -2.17. The van der Waals surface area contributed by atoms with Crippen LogP contribution >= 0.6 is 0 Å². The number of carbonyl (C=O) groups excluding carboxylic acids is 1. The summed E-state index contributed by atoms with van der Waals surface area (Å²) in [6.07, 6.45) is 2.60. The summed E-state index contributed by atoms with van der Waals surface area (Å²) in [5.41, 5.74) is 6.04. The van der Waals surface area contributed by atoms with Crippen molar-refractivity contribution in [3.8, 4) is 0 Å². The topological polar surface area (TPSA) is 124 Å². The van der Waals surface area contributed by atoms with Gasteiger partial charge in [-0.05, 0) is 6.92 Å². The van der Waals surface area contributed by atoms with Crippen LogP contribution in [0.15, 0.2) is 23.4 Å². The van der Waals surface area contributed by atoms with E-state index in [0.717, 1.165) is 4.68 Å². The molecule has 9 nitrogen and oxygen atoms in total. The number of hydrogen-bond acceptors (Lipinski definition) is 6. The first-order valence-corrected chi connectivity index (χ1v) is 5.36. The summed E-state index contributed by atoms with van der Waals surface area (Å²) in [4.78, 5) is 31.7. The molecular formula is C10H9N7O2. The number of fused-ring (bicyclic) bond motifs is 1. The molecule has 3 aromatic heterocycles.